The van der Waals surface area contributed by atoms with Crippen LogP contribution in [0.2, 0.25) is 0 Å². The molecule has 0 aromatic carbocycles. The molecule has 0 N–H and O–H groups in total. The molecule has 0 radical (unpaired) electrons. The van der Waals surface area contributed by atoms with Crippen molar-refractivity contribution in [2.24, 2.45) is 29.1 Å². The van der Waals surface area contributed by atoms with Crippen molar-refractivity contribution in [3.8, 4) is 0 Å². The van der Waals surface area contributed by atoms with Crippen LogP contribution in [0.4, 0.5) is 0 Å². The minimum absolute atomic E-state index is 0.0125. The molecule has 4 rings (SSSR count). The van der Waals surface area contributed by atoms with Gasteiger partial charge >= 0.3 is 5.97 Å². The lowest BCUT2D eigenvalue weighted by Gasteiger charge is -2.54. The number of fused-ring (bicyclic) bond motifs is 5. The molecule has 0 bridgehead atoms. The zero-order valence-corrected chi connectivity index (χ0v) is 16.8. The Labute approximate surface area is 161 Å². The highest BCUT2D eigenvalue weighted by Crippen LogP contribution is 2.65. The third kappa shape index (κ3) is 2.51. The summed E-state index contributed by atoms with van der Waals surface area (Å²) >= 11 is 0. The molecule has 2 fully saturated rings. The van der Waals surface area contributed by atoms with Gasteiger partial charge in [-0.15, -0.1) is 0 Å². The van der Waals surface area contributed by atoms with Gasteiger partial charge in [-0.1, -0.05) is 18.6 Å². The van der Waals surface area contributed by atoms with Crippen LogP contribution in [0.15, 0.2) is 23.3 Å². The zero-order chi connectivity index (χ0) is 19.6. The quantitative estimate of drug-likeness (QED) is 0.684. The van der Waals surface area contributed by atoms with E-state index in [1.807, 2.05) is 6.08 Å². The number of carbonyl (C=O) groups excluding carboxylic acids is 3. The molecule has 27 heavy (non-hydrogen) atoms. The summed E-state index contributed by atoms with van der Waals surface area (Å²) in [4.78, 5) is 36.5. The molecule has 0 saturated heterocycles. The molecule has 146 valence electrons. The van der Waals surface area contributed by atoms with E-state index in [-0.39, 0.29) is 23.0 Å². The monoisotopic (exact) mass is 370 g/mol. The number of rotatable bonds is 2. The van der Waals surface area contributed by atoms with E-state index in [0.717, 1.165) is 25.7 Å². The topological polar surface area (TPSA) is 60.4 Å². The third-order valence-corrected chi connectivity index (χ3v) is 8.22. The van der Waals surface area contributed by atoms with Crippen LogP contribution in [0.3, 0.4) is 0 Å². The van der Waals surface area contributed by atoms with Gasteiger partial charge in [0.15, 0.2) is 17.2 Å². The Kier molecular flexibility index (Phi) is 4.25. The SMILES string of the molecule is CC(=O)O[C@]1(C(C)=O)CC[C@@H]2[C@@H]3C=C(C)C4=CC(=O)CC[C@@H]4[C@H]3CC[C@@]21C. The molecule has 4 heteroatoms. The van der Waals surface area contributed by atoms with Crippen molar-refractivity contribution in [3.05, 3.63) is 23.3 Å². The highest BCUT2D eigenvalue weighted by atomic mass is 16.6. The fourth-order valence-corrected chi connectivity index (χ4v) is 7.04. The average Bonchev–Trinajstić information content (AvgIpc) is 2.89. The van der Waals surface area contributed by atoms with E-state index in [2.05, 4.69) is 19.9 Å². The van der Waals surface area contributed by atoms with Gasteiger partial charge in [0, 0.05) is 18.8 Å². The van der Waals surface area contributed by atoms with Gasteiger partial charge in [-0.2, -0.15) is 0 Å². The maximum Gasteiger partial charge on any atom is 0.303 e. The van der Waals surface area contributed by atoms with Gasteiger partial charge in [0.05, 0.1) is 0 Å². The van der Waals surface area contributed by atoms with Crippen molar-refractivity contribution < 1.29 is 19.1 Å². The number of ketones is 2. The summed E-state index contributed by atoms with van der Waals surface area (Å²) in [5.74, 6) is 1.61. The molecule has 6 atom stereocenters. The number of esters is 1. The maximum atomic E-state index is 12.7. The molecule has 0 aliphatic heterocycles. The van der Waals surface area contributed by atoms with Gasteiger partial charge in [0.2, 0.25) is 0 Å². The third-order valence-electron chi connectivity index (χ3n) is 8.22. The normalized spacial score (nSPS) is 43.0. The van der Waals surface area contributed by atoms with Crippen LogP contribution in [0.25, 0.3) is 0 Å². The predicted molar refractivity (Wildman–Crippen MR) is 102 cm³/mol. The summed E-state index contributed by atoms with van der Waals surface area (Å²) in [5, 5.41) is 0. The van der Waals surface area contributed by atoms with E-state index in [4.69, 9.17) is 4.74 Å². The van der Waals surface area contributed by atoms with Crippen LogP contribution in [-0.2, 0) is 19.1 Å². The summed E-state index contributed by atoms with van der Waals surface area (Å²) < 4.78 is 5.79. The second kappa shape index (κ2) is 6.15. The minimum Gasteiger partial charge on any atom is -0.451 e. The molecule has 0 aromatic heterocycles. The molecule has 4 nitrogen and oxygen atoms in total. The fraction of sp³-hybridized carbons (Fsp3) is 0.696. The van der Waals surface area contributed by atoms with Crippen molar-refractivity contribution in [3.63, 3.8) is 0 Å². The second-order valence-electron chi connectivity index (χ2n) is 9.38. The molecule has 0 aromatic rings. The first-order valence-electron chi connectivity index (χ1n) is 10.3. The van der Waals surface area contributed by atoms with Gasteiger partial charge in [-0.25, -0.2) is 0 Å². The first-order valence-corrected chi connectivity index (χ1v) is 10.3. The van der Waals surface area contributed by atoms with Gasteiger partial charge in [-0.3, -0.25) is 14.4 Å². The van der Waals surface area contributed by atoms with Gasteiger partial charge < -0.3 is 4.74 Å². The Morgan fingerprint density at radius 2 is 1.89 bits per heavy atom. The van der Waals surface area contributed by atoms with E-state index in [0.29, 0.717) is 36.5 Å². The van der Waals surface area contributed by atoms with Crippen LogP contribution >= 0.6 is 0 Å². The van der Waals surface area contributed by atoms with Crippen LogP contribution in [-0.4, -0.2) is 23.1 Å². The summed E-state index contributed by atoms with van der Waals surface area (Å²) in [7, 11) is 0. The lowest BCUT2D eigenvalue weighted by molar-refractivity contribution is -0.184. The van der Waals surface area contributed by atoms with Crippen LogP contribution in [0.1, 0.15) is 66.2 Å². The highest BCUT2D eigenvalue weighted by molar-refractivity contribution is 5.92. The Morgan fingerprint density at radius 1 is 1.15 bits per heavy atom. The predicted octanol–water partition coefficient (Wildman–Crippen LogP) is 4.19. The molecule has 4 aliphatic rings. The number of hydrogen-bond acceptors (Lipinski definition) is 4. The lowest BCUT2D eigenvalue weighted by Crippen LogP contribution is -2.57. The Morgan fingerprint density at radius 3 is 2.56 bits per heavy atom. The molecule has 2 saturated carbocycles. The van der Waals surface area contributed by atoms with Gasteiger partial charge in [0.25, 0.3) is 0 Å². The smallest absolute Gasteiger partial charge is 0.303 e. The van der Waals surface area contributed by atoms with Gasteiger partial charge in [-0.05, 0) is 81.3 Å². The van der Waals surface area contributed by atoms with E-state index < -0.39 is 5.60 Å². The first kappa shape index (κ1) is 18.6. The number of hydrogen-bond donors (Lipinski definition) is 0. The van der Waals surface area contributed by atoms with E-state index in [9.17, 15) is 14.4 Å². The molecular weight excluding hydrogens is 340 g/mol. The first-order chi connectivity index (χ1) is 12.7. The number of Topliss-reactive ketones (excluding diaryl/α,β-unsaturated/α-hetero) is 1. The molecule has 0 unspecified atom stereocenters. The lowest BCUT2D eigenvalue weighted by atomic mass is 9.51. The van der Waals surface area contributed by atoms with Crippen molar-refractivity contribution in [1.82, 2.24) is 0 Å². The molecule has 0 amide bonds. The fourth-order valence-electron chi connectivity index (χ4n) is 7.04. The van der Waals surface area contributed by atoms with E-state index in [1.165, 1.54) is 18.1 Å². The number of allylic oxidation sites excluding steroid dienone is 4. The van der Waals surface area contributed by atoms with Crippen molar-refractivity contribution in [2.45, 2.75) is 71.8 Å². The van der Waals surface area contributed by atoms with E-state index >= 15 is 0 Å². The highest BCUT2D eigenvalue weighted by Gasteiger charge is 2.66. The summed E-state index contributed by atoms with van der Waals surface area (Å²) in [5.41, 5.74) is 1.18. The average molecular weight is 370 g/mol. The van der Waals surface area contributed by atoms with Crippen molar-refractivity contribution in [2.75, 3.05) is 0 Å². The molecule has 0 spiro atoms. The summed E-state index contributed by atoms with van der Waals surface area (Å²) in [6.07, 6.45) is 9.29. The Bertz CT molecular complexity index is 775. The summed E-state index contributed by atoms with van der Waals surface area (Å²) in [6.45, 7) is 7.29. The second-order valence-corrected chi connectivity index (χ2v) is 9.38. The Hall–Kier alpha value is -1.71. The standard InChI is InChI=1S/C23H30O4/c1-13-11-20-18(17-6-5-16(26)12-19(13)17)7-9-22(4)21(20)8-10-23(22,14(2)24)27-15(3)25/h11-12,17-18,20-21H,5-10H2,1-4H3/t17-,18-,20-,21-,22+,23+/m1/s1. The van der Waals surface area contributed by atoms with Gasteiger partial charge in [0.1, 0.15) is 0 Å². The maximum absolute atomic E-state index is 12.7. The van der Waals surface area contributed by atoms with Crippen LogP contribution in [0.5, 0.6) is 0 Å². The Balaban J connectivity index is 1.75. The van der Waals surface area contributed by atoms with Crippen molar-refractivity contribution >= 4 is 17.5 Å². The zero-order valence-electron chi connectivity index (χ0n) is 16.8. The van der Waals surface area contributed by atoms with Crippen LogP contribution < -0.4 is 0 Å². The summed E-state index contributed by atoms with van der Waals surface area (Å²) in [6, 6.07) is 0. The number of ether oxygens (including phenoxy) is 1. The van der Waals surface area contributed by atoms with Crippen LogP contribution in [0, 0.1) is 29.1 Å². The largest absolute Gasteiger partial charge is 0.451 e. The molecule has 4 aliphatic carbocycles. The number of carbonyl (C=O) groups is 3. The minimum atomic E-state index is -0.977. The van der Waals surface area contributed by atoms with E-state index in [1.54, 1.807) is 6.92 Å². The molecule has 0 heterocycles. The molecular formula is C23H30O4. The van der Waals surface area contributed by atoms with Crippen molar-refractivity contribution in [1.29, 1.82) is 0 Å².